The number of carbonyl (C=O) groups is 1. The lowest BCUT2D eigenvalue weighted by Gasteiger charge is -2.38. The van der Waals surface area contributed by atoms with E-state index in [2.05, 4.69) is 11.4 Å². The molecule has 1 heterocycles. The molecular weight excluding hydrogens is 338 g/mol. The molecule has 144 valence electrons. The van der Waals surface area contributed by atoms with Crippen molar-refractivity contribution < 1.29 is 14.3 Å². The molecule has 1 amide bonds. The van der Waals surface area contributed by atoms with Crippen molar-refractivity contribution in [3.8, 4) is 11.5 Å². The van der Waals surface area contributed by atoms with Gasteiger partial charge in [-0.3, -0.25) is 4.79 Å². The van der Waals surface area contributed by atoms with Gasteiger partial charge in [0.25, 0.3) is 5.91 Å². The van der Waals surface area contributed by atoms with Gasteiger partial charge in [-0.2, -0.15) is 0 Å². The molecule has 0 radical (unpaired) electrons. The first-order chi connectivity index (χ1) is 12.8. The minimum absolute atomic E-state index is 0.0880. The van der Waals surface area contributed by atoms with Gasteiger partial charge in [0.15, 0.2) is 6.10 Å². The summed E-state index contributed by atoms with van der Waals surface area (Å²) in [7, 11) is 0. The highest BCUT2D eigenvalue weighted by Crippen LogP contribution is 2.39. The molecule has 0 saturated carbocycles. The second kappa shape index (κ2) is 7.63. The Bertz CT molecular complexity index is 828. The van der Waals surface area contributed by atoms with Crippen LogP contribution >= 0.6 is 0 Å². The van der Waals surface area contributed by atoms with Crippen LogP contribution < -0.4 is 14.8 Å². The summed E-state index contributed by atoms with van der Waals surface area (Å²) in [6.45, 7) is 10.1. The normalized spacial score (nSPS) is 18.8. The molecule has 1 aliphatic heterocycles. The molecule has 2 aromatic carbocycles. The molecule has 0 bridgehead atoms. The lowest BCUT2D eigenvalue weighted by molar-refractivity contribution is -0.129. The second-order valence-corrected chi connectivity index (χ2v) is 7.95. The van der Waals surface area contributed by atoms with Crippen molar-refractivity contribution in [2.24, 2.45) is 0 Å². The topological polar surface area (TPSA) is 47.6 Å². The number of amides is 1. The SMILES string of the molecule is CC[C@@H](Oc1ccc(C)cc1C)C(=O)N[C@H]1CC(C)(C)Oc2ccccc21. The highest BCUT2D eigenvalue weighted by atomic mass is 16.5. The summed E-state index contributed by atoms with van der Waals surface area (Å²) in [5, 5.41) is 3.19. The van der Waals surface area contributed by atoms with Gasteiger partial charge in [-0.25, -0.2) is 0 Å². The Labute approximate surface area is 161 Å². The fraction of sp³-hybridized carbons (Fsp3) is 0.435. The molecule has 27 heavy (non-hydrogen) atoms. The largest absolute Gasteiger partial charge is 0.487 e. The second-order valence-electron chi connectivity index (χ2n) is 7.95. The summed E-state index contributed by atoms with van der Waals surface area (Å²) in [6.07, 6.45) is 0.799. The molecule has 0 fully saturated rings. The fourth-order valence-corrected chi connectivity index (χ4v) is 3.60. The molecule has 2 aromatic rings. The van der Waals surface area contributed by atoms with Gasteiger partial charge in [0, 0.05) is 12.0 Å². The zero-order valence-corrected chi connectivity index (χ0v) is 16.8. The van der Waals surface area contributed by atoms with Gasteiger partial charge in [0.05, 0.1) is 6.04 Å². The van der Waals surface area contributed by atoms with Crippen LogP contribution in [0.5, 0.6) is 11.5 Å². The molecule has 3 rings (SSSR count). The van der Waals surface area contributed by atoms with Crippen molar-refractivity contribution in [3.63, 3.8) is 0 Å². The molecule has 1 N–H and O–H groups in total. The van der Waals surface area contributed by atoms with Gasteiger partial charge < -0.3 is 14.8 Å². The van der Waals surface area contributed by atoms with E-state index in [-0.39, 0.29) is 17.6 Å². The number of hydrogen-bond donors (Lipinski definition) is 1. The average Bonchev–Trinajstić information content (AvgIpc) is 2.60. The standard InChI is InChI=1S/C23H29NO3/c1-6-19(26-20-12-11-15(2)13-16(20)3)22(25)24-18-14-23(4,5)27-21-10-8-7-9-17(18)21/h7-13,18-19H,6,14H2,1-5H3,(H,24,25)/t18-,19+/m0/s1. The Morgan fingerprint density at radius 1 is 1.26 bits per heavy atom. The summed E-state index contributed by atoms with van der Waals surface area (Å²) < 4.78 is 12.1. The molecule has 2 atom stereocenters. The molecule has 4 heteroatoms. The van der Waals surface area contributed by atoms with E-state index in [0.717, 1.165) is 29.0 Å². The predicted molar refractivity (Wildman–Crippen MR) is 107 cm³/mol. The summed E-state index contributed by atoms with van der Waals surface area (Å²) in [5.74, 6) is 1.51. The number of ether oxygens (including phenoxy) is 2. The third-order valence-corrected chi connectivity index (χ3v) is 4.96. The monoisotopic (exact) mass is 367 g/mol. The van der Waals surface area contributed by atoms with Gasteiger partial charge >= 0.3 is 0 Å². The van der Waals surface area contributed by atoms with E-state index in [1.807, 2.05) is 71.0 Å². The van der Waals surface area contributed by atoms with Crippen molar-refractivity contribution in [2.45, 2.75) is 65.2 Å². The van der Waals surface area contributed by atoms with E-state index in [1.165, 1.54) is 5.56 Å². The quantitative estimate of drug-likeness (QED) is 0.819. The molecule has 4 nitrogen and oxygen atoms in total. The van der Waals surface area contributed by atoms with E-state index in [4.69, 9.17) is 9.47 Å². The van der Waals surface area contributed by atoms with Crippen LogP contribution in [0.3, 0.4) is 0 Å². The predicted octanol–water partition coefficient (Wildman–Crippen LogP) is 4.88. The molecule has 0 aliphatic carbocycles. The maximum atomic E-state index is 13.0. The first-order valence-corrected chi connectivity index (χ1v) is 9.61. The van der Waals surface area contributed by atoms with Crippen molar-refractivity contribution >= 4 is 5.91 Å². The van der Waals surface area contributed by atoms with E-state index < -0.39 is 6.10 Å². The molecule has 0 saturated heterocycles. The number of rotatable bonds is 5. The summed E-state index contributed by atoms with van der Waals surface area (Å²) >= 11 is 0. The van der Waals surface area contributed by atoms with Crippen molar-refractivity contribution in [1.82, 2.24) is 5.32 Å². The van der Waals surface area contributed by atoms with Crippen LogP contribution in [0.1, 0.15) is 56.3 Å². The first-order valence-electron chi connectivity index (χ1n) is 9.61. The molecule has 0 aromatic heterocycles. The molecule has 0 unspecified atom stereocenters. The zero-order chi connectivity index (χ0) is 19.6. The Morgan fingerprint density at radius 2 is 2.00 bits per heavy atom. The van der Waals surface area contributed by atoms with E-state index in [1.54, 1.807) is 0 Å². The minimum Gasteiger partial charge on any atom is -0.487 e. The van der Waals surface area contributed by atoms with Crippen LogP contribution in [0.2, 0.25) is 0 Å². The van der Waals surface area contributed by atoms with Gasteiger partial charge in [-0.1, -0.05) is 42.8 Å². The summed E-state index contributed by atoms with van der Waals surface area (Å²) in [6, 6.07) is 13.8. The number of carbonyl (C=O) groups excluding carboxylic acids is 1. The number of benzene rings is 2. The van der Waals surface area contributed by atoms with Gasteiger partial charge in [0.1, 0.15) is 17.1 Å². The minimum atomic E-state index is -0.524. The van der Waals surface area contributed by atoms with Gasteiger partial charge in [-0.05, 0) is 51.8 Å². The summed E-state index contributed by atoms with van der Waals surface area (Å²) in [4.78, 5) is 13.0. The summed E-state index contributed by atoms with van der Waals surface area (Å²) in [5.41, 5.74) is 2.91. The Balaban J connectivity index is 1.76. The Kier molecular flexibility index (Phi) is 5.45. The van der Waals surface area contributed by atoms with Crippen molar-refractivity contribution in [2.75, 3.05) is 0 Å². The van der Waals surface area contributed by atoms with E-state index in [9.17, 15) is 4.79 Å². The number of hydrogen-bond acceptors (Lipinski definition) is 3. The lowest BCUT2D eigenvalue weighted by atomic mass is 9.89. The van der Waals surface area contributed by atoms with Crippen LogP contribution in [0, 0.1) is 13.8 Å². The smallest absolute Gasteiger partial charge is 0.261 e. The van der Waals surface area contributed by atoms with Gasteiger partial charge in [-0.15, -0.1) is 0 Å². The molecule has 1 aliphatic rings. The number of para-hydroxylation sites is 1. The maximum absolute atomic E-state index is 13.0. The van der Waals surface area contributed by atoms with E-state index >= 15 is 0 Å². The van der Waals surface area contributed by atoms with Crippen LogP contribution in [-0.2, 0) is 4.79 Å². The van der Waals surface area contributed by atoms with Crippen LogP contribution in [0.15, 0.2) is 42.5 Å². The van der Waals surface area contributed by atoms with Crippen molar-refractivity contribution in [3.05, 3.63) is 59.2 Å². The third kappa shape index (κ3) is 4.44. The van der Waals surface area contributed by atoms with Crippen LogP contribution in [-0.4, -0.2) is 17.6 Å². The number of fused-ring (bicyclic) bond motifs is 1. The highest BCUT2D eigenvalue weighted by molar-refractivity contribution is 5.81. The Hall–Kier alpha value is -2.49. The first kappa shape index (κ1) is 19.3. The van der Waals surface area contributed by atoms with Crippen LogP contribution in [0.4, 0.5) is 0 Å². The van der Waals surface area contributed by atoms with Crippen molar-refractivity contribution in [1.29, 1.82) is 0 Å². The molecule has 0 spiro atoms. The number of aryl methyl sites for hydroxylation is 2. The average molecular weight is 367 g/mol. The maximum Gasteiger partial charge on any atom is 0.261 e. The van der Waals surface area contributed by atoms with Gasteiger partial charge in [0.2, 0.25) is 0 Å². The Morgan fingerprint density at radius 3 is 2.70 bits per heavy atom. The third-order valence-electron chi connectivity index (χ3n) is 4.96. The number of nitrogens with one attached hydrogen (secondary N) is 1. The van der Waals surface area contributed by atoms with E-state index in [0.29, 0.717) is 6.42 Å². The van der Waals surface area contributed by atoms with Crippen LogP contribution in [0.25, 0.3) is 0 Å². The molecular formula is C23H29NO3. The zero-order valence-electron chi connectivity index (χ0n) is 16.8. The lowest BCUT2D eigenvalue weighted by Crippen LogP contribution is -2.45. The fourth-order valence-electron chi connectivity index (χ4n) is 3.60. The highest BCUT2D eigenvalue weighted by Gasteiger charge is 2.35.